The summed E-state index contributed by atoms with van der Waals surface area (Å²) in [5.41, 5.74) is 1.95. The lowest BCUT2D eigenvalue weighted by atomic mass is 10.2. The van der Waals surface area contributed by atoms with Crippen LogP contribution in [0.4, 0.5) is 0 Å². The minimum atomic E-state index is 0.723. The topological polar surface area (TPSA) is 48.7 Å². The average Bonchev–Trinajstić information content (AvgIpc) is 2.96. The van der Waals surface area contributed by atoms with E-state index in [1.807, 2.05) is 18.3 Å². The summed E-state index contributed by atoms with van der Waals surface area (Å²) in [5, 5.41) is 5.31. The molecule has 2 heterocycles. The number of hydrogen-bond donors (Lipinski definition) is 0. The number of methoxy groups -OCH3 is 2. The summed E-state index contributed by atoms with van der Waals surface area (Å²) in [6.07, 6.45) is 3.53. The molecule has 3 rings (SSSR count). The highest BCUT2D eigenvalue weighted by Gasteiger charge is 2.09. The van der Waals surface area contributed by atoms with E-state index in [1.165, 1.54) is 5.56 Å². The summed E-state index contributed by atoms with van der Waals surface area (Å²) in [4.78, 5) is 4.36. The van der Waals surface area contributed by atoms with Crippen LogP contribution < -0.4 is 9.47 Å². The summed E-state index contributed by atoms with van der Waals surface area (Å²) in [6.45, 7) is 0. The highest BCUT2D eigenvalue weighted by atomic mass is 32.2. The number of nitrogens with zero attached hydrogens (tertiary/aromatic N) is 3. The van der Waals surface area contributed by atoms with Gasteiger partial charge in [0, 0.05) is 11.8 Å². The van der Waals surface area contributed by atoms with Gasteiger partial charge in [-0.15, -0.1) is 0 Å². The van der Waals surface area contributed by atoms with E-state index in [-0.39, 0.29) is 0 Å². The lowest BCUT2D eigenvalue weighted by Gasteiger charge is -2.04. The van der Waals surface area contributed by atoms with Gasteiger partial charge >= 0.3 is 0 Å². The van der Waals surface area contributed by atoms with E-state index in [4.69, 9.17) is 9.47 Å². The van der Waals surface area contributed by atoms with E-state index < -0.39 is 0 Å². The average molecular weight is 301 g/mol. The maximum atomic E-state index is 5.28. The molecule has 0 saturated heterocycles. The first kappa shape index (κ1) is 13.8. The van der Waals surface area contributed by atoms with Crippen molar-refractivity contribution >= 4 is 17.4 Å². The van der Waals surface area contributed by atoms with Crippen molar-refractivity contribution in [2.24, 2.45) is 0 Å². The molecule has 0 bridgehead atoms. The molecule has 0 aliphatic carbocycles. The molecule has 0 aliphatic rings. The van der Waals surface area contributed by atoms with Crippen molar-refractivity contribution in [3.8, 4) is 11.5 Å². The molecular formula is C15H15N3O2S. The molecule has 3 aromatic rings. The van der Waals surface area contributed by atoms with Crippen LogP contribution in [0.3, 0.4) is 0 Å². The molecule has 0 unspecified atom stereocenters. The van der Waals surface area contributed by atoms with Crippen LogP contribution in [0.15, 0.2) is 47.8 Å². The Bertz CT molecular complexity index is 740. The predicted octanol–water partition coefficient (Wildman–Crippen LogP) is 3.04. The van der Waals surface area contributed by atoms with E-state index in [1.54, 1.807) is 42.8 Å². The Morgan fingerprint density at radius 3 is 2.62 bits per heavy atom. The van der Waals surface area contributed by atoms with Gasteiger partial charge in [0.25, 0.3) is 0 Å². The van der Waals surface area contributed by atoms with Gasteiger partial charge in [-0.25, -0.2) is 9.50 Å². The molecule has 0 fully saturated rings. The van der Waals surface area contributed by atoms with Crippen LogP contribution in [0.5, 0.6) is 11.5 Å². The van der Waals surface area contributed by atoms with E-state index >= 15 is 0 Å². The van der Waals surface area contributed by atoms with E-state index in [2.05, 4.69) is 22.2 Å². The molecule has 0 aliphatic heterocycles. The standard InChI is InChI=1S/C15H15N3O2S/c1-19-12-5-3-11(4-6-12)10-21-14-9-16-15-13(20-2)7-8-17-18(14)15/h3-9H,10H2,1-2H3. The van der Waals surface area contributed by atoms with Crippen LogP contribution in [0.1, 0.15) is 5.56 Å². The molecule has 5 nitrogen and oxygen atoms in total. The zero-order valence-corrected chi connectivity index (χ0v) is 12.6. The van der Waals surface area contributed by atoms with E-state index in [0.717, 1.165) is 27.9 Å². The summed E-state index contributed by atoms with van der Waals surface area (Å²) in [6, 6.07) is 9.85. The highest BCUT2D eigenvalue weighted by Crippen LogP contribution is 2.26. The SMILES string of the molecule is COc1ccc(CSc2cnc3c(OC)ccnn23)cc1. The van der Waals surface area contributed by atoms with Crippen molar-refractivity contribution < 1.29 is 9.47 Å². The molecule has 0 radical (unpaired) electrons. The van der Waals surface area contributed by atoms with Gasteiger partial charge in [-0.3, -0.25) is 0 Å². The van der Waals surface area contributed by atoms with Crippen LogP contribution in [0.2, 0.25) is 0 Å². The Morgan fingerprint density at radius 1 is 1.10 bits per heavy atom. The normalized spacial score (nSPS) is 10.8. The Labute approximate surface area is 126 Å². The van der Waals surface area contributed by atoms with E-state index in [9.17, 15) is 0 Å². The Balaban J connectivity index is 1.78. The van der Waals surface area contributed by atoms with E-state index in [0.29, 0.717) is 0 Å². The highest BCUT2D eigenvalue weighted by molar-refractivity contribution is 7.98. The van der Waals surface area contributed by atoms with Crippen molar-refractivity contribution in [1.82, 2.24) is 14.6 Å². The lowest BCUT2D eigenvalue weighted by Crippen LogP contribution is -1.95. The molecule has 0 amide bonds. The third-order valence-corrected chi connectivity index (χ3v) is 4.15. The number of benzene rings is 1. The van der Waals surface area contributed by atoms with Gasteiger partial charge in [-0.1, -0.05) is 23.9 Å². The quantitative estimate of drug-likeness (QED) is 0.678. The fourth-order valence-electron chi connectivity index (χ4n) is 1.99. The fourth-order valence-corrected chi connectivity index (χ4v) is 2.88. The van der Waals surface area contributed by atoms with Gasteiger partial charge in [-0.05, 0) is 17.7 Å². The summed E-state index contributed by atoms with van der Waals surface area (Å²) in [5.74, 6) is 2.43. The van der Waals surface area contributed by atoms with Gasteiger partial charge in [-0.2, -0.15) is 5.10 Å². The molecule has 2 aromatic heterocycles. The smallest absolute Gasteiger partial charge is 0.197 e. The number of thioether (sulfide) groups is 1. The number of ether oxygens (including phenoxy) is 2. The van der Waals surface area contributed by atoms with Gasteiger partial charge in [0.05, 0.1) is 26.6 Å². The van der Waals surface area contributed by atoms with Crippen LogP contribution in [-0.2, 0) is 5.75 Å². The largest absolute Gasteiger partial charge is 0.497 e. The third kappa shape index (κ3) is 2.80. The molecule has 0 N–H and O–H groups in total. The summed E-state index contributed by atoms with van der Waals surface area (Å²) < 4.78 is 12.2. The minimum absolute atomic E-state index is 0.723. The Morgan fingerprint density at radius 2 is 1.90 bits per heavy atom. The van der Waals surface area contributed by atoms with Crippen LogP contribution in [0, 0.1) is 0 Å². The number of fused-ring (bicyclic) bond motifs is 1. The Hall–Kier alpha value is -2.21. The third-order valence-electron chi connectivity index (χ3n) is 3.10. The van der Waals surface area contributed by atoms with Gasteiger partial charge in [0.2, 0.25) is 0 Å². The van der Waals surface area contributed by atoms with Crippen LogP contribution >= 0.6 is 11.8 Å². The van der Waals surface area contributed by atoms with Gasteiger partial charge < -0.3 is 9.47 Å². The first-order valence-corrected chi connectivity index (χ1v) is 7.43. The fraction of sp³-hybridized carbons (Fsp3) is 0.200. The predicted molar refractivity (Wildman–Crippen MR) is 82.1 cm³/mol. The number of hydrogen-bond acceptors (Lipinski definition) is 5. The van der Waals surface area contributed by atoms with Crippen molar-refractivity contribution in [2.45, 2.75) is 10.8 Å². The first-order chi connectivity index (χ1) is 10.3. The van der Waals surface area contributed by atoms with Crippen molar-refractivity contribution in [3.63, 3.8) is 0 Å². The number of aromatic nitrogens is 3. The van der Waals surface area contributed by atoms with Crippen LogP contribution in [0.25, 0.3) is 5.65 Å². The van der Waals surface area contributed by atoms with Gasteiger partial charge in [0.15, 0.2) is 11.4 Å². The molecular weight excluding hydrogens is 286 g/mol. The number of rotatable bonds is 5. The molecule has 6 heteroatoms. The first-order valence-electron chi connectivity index (χ1n) is 6.44. The summed E-state index contributed by atoms with van der Waals surface area (Å²) >= 11 is 1.68. The second-order valence-corrected chi connectivity index (χ2v) is 5.36. The van der Waals surface area contributed by atoms with Crippen LogP contribution in [-0.4, -0.2) is 28.8 Å². The monoisotopic (exact) mass is 301 g/mol. The zero-order chi connectivity index (χ0) is 14.7. The molecule has 108 valence electrons. The molecule has 0 atom stereocenters. The molecule has 0 saturated carbocycles. The zero-order valence-electron chi connectivity index (χ0n) is 11.8. The van der Waals surface area contributed by atoms with Gasteiger partial charge in [0.1, 0.15) is 10.8 Å². The maximum Gasteiger partial charge on any atom is 0.197 e. The molecule has 0 spiro atoms. The van der Waals surface area contributed by atoms with Crippen molar-refractivity contribution in [1.29, 1.82) is 0 Å². The number of imidazole rings is 1. The minimum Gasteiger partial charge on any atom is -0.497 e. The molecule has 1 aromatic carbocycles. The molecule has 21 heavy (non-hydrogen) atoms. The lowest BCUT2D eigenvalue weighted by molar-refractivity contribution is 0.414. The Kier molecular flexibility index (Phi) is 3.96. The van der Waals surface area contributed by atoms with Crippen molar-refractivity contribution in [3.05, 3.63) is 48.3 Å². The second kappa shape index (κ2) is 6.05. The summed E-state index contributed by atoms with van der Waals surface area (Å²) in [7, 11) is 3.30. The maximum absolute atomic E-state index is 5.28. The second-order valence-electron chi connectivity index (χ2n) is 4.37. The van der Waals surface area contributed by atoms with Crippen molar-refractivity contribution in [2.75, 3.05) is 14.2 Å².